The van der Waals surface area contributed by atoms with Gasteiger partial charge in [0.05, 0.1) is 37.6 Å². The number of amides is 2. The van der Waals surface area contributed by atoms with Crippen molar-refractivity contribution in [1.29, 1.82) is 0 Å². The molecule has 0 atom stereocenters. The molecule has 0 fully saturated rings. The van der Waals surface area contributed by atoms with E-state index in [9.17, 15) is 9.59 Å². The summed E-state index contributed by atoms with van der Waals surface area (Å²) in [5.41, 5.74) is 3.15. The maximum absolute atomic E-state index is 13.4. The fraction of sp³-hybridized carbons (Fsp3) is 0.320. The zero-order chi connectivity index (χ0) is 23.9. The first-order valence-electron chi connectivity index (χ1n) is 11.3. The number of benzene rings is 1. The third-order valence-corrected chi connectivity index (χ3v) is 6.56. The summed E-state index contributed by atoms with van der Waals surface area (Å²) in [5.74, 6) is 0.569. The monoisotopic (exact) mass is 480 g/mol. The van der Waals surface area contributed by atoms with E-state index < -0.39 is 0 Å². The van der Waals surface area contributed by atoms with Gasteiger partial charge in [0.15, 0.2) is 0 Å². The Kier molecular flexibility index (Phi) is 7.64. The van der Waals surface area contributed by atoms with Gasteiger partial charge >= 0.3 is 6.09 Å². The van der Waals surface area contributed by atoms with Crippen LogP contribution in [0, 0.1) is 0 Å². The van der Waals surface area contributed by atoms with Gasteiger partial charge in [-0.2, -0.15) is 0 Å². The first-order chi connectivity index (χ1) is 16.6. The lowest BCUT2D eigenvalue weighted by Gasteiger charge is -2.26. The van der Waals surface area contributed by atoms with Crippen LogP contribution < -0.4 is 15.4 Å². The highest BCUT2D eigenvalue weighted by Gasteiger charge is 2.30. The Labute approximate surface area is 202 Å². The van der Waals surface area contributed by atoms with Crippen LogP contribution in [0.25, 0.3) is 0 Å². The standard InChI is InChI=1S/C25H28N4O4S/c1-3-32-19-10-8-17(9-11-19)28-23(30)22-20-12-14-29(25(31)33-4-2)16-21(20)34-24(22)27-15-18-7-5-6-13-26-18/h5-11,13,27H,3-4,12,14-16H2,1-2H3,(H,28,30). The third kappa shape index (κ3) is 5.48. The van der Waals surface area contributed by atoms with Gasteiger partial charge in [0.1, 0.15) is 10.8 Å². The highest BCUT2D eigenvalue weighted by molar-refractivity contribution is 7.16. The van der Waals surface area contributed by atoms with Gasteiger partial charge in [-0.3, -0.25) is 9.78 Å². The van der Waals surface area contributed by atoms with Gasteiger partial charge in [-0.25, -0.2) is 4.79 Å². The maximum atomic E-state index is 13.4. The first kappa shape index (κ1) is 23.6. The van der Waals surface area contributed by atoms with E-state index in [0.29, 0.717) is 50.5 Å². The minimum atomic E-state index is -0.329. The van der Waals surface area contributed by atoms with E-state index >= 15 is 0 Å². The molecule has 2 amide bonds. The van der Waals surface area contributed by atoms with Crippen molar-refractivity contribution in [2.24, 2.45) is 0 Å². The van der Waals surface area contributed by atoms with Crippen LogP contribution in [0.4, 0.5) is 15.5 Å². The number of nitrogens with one attached hydrogen (secondary N) is 2. The van der Waals surface area contributed by atoms with E-state index in [1.165, 1.54) is 11.3 Å². The number of hydrogen-bond acceptors (Lipinski definition) is 7. The number of hydrogen-bond donors (Lipinski definition) is 2. The molecule has 34 heavy (non-hydrogen) atoms. The molecule has 178 valence electrons. The molecule has 1 aliphatic rings. The molecule has 3 heterocycles. The smallest absolute Gasteiger partial charge is 0.410 e. The molecule has 9 heteroatoms. The number of anilines is 2. The number of ether oxygens (including phenoxy) is 2. The average Bonchev–Trinajstić information content (AvgIpc) is 3.22. The Bertz CT molecular complexity index is 1130. The van der Waals surface area contributed by atoms with Crippen LogP contribution >= 0.6 is 11.3 Å². The summed E-state index contributed by atoms with van der Waals surface area (Å²) in [5, 5.41) is 7.17. The van der Waals surface area contributed by atoms with Gasteiger partial charge in [-0.15, -0.1) is 11.3 Å². The summed E-state index contributed by atoms with van der Waals surface area (Å²) < 4.78 is 10.7. The van der Waals surface area contributed by atoms with Crippen molar-refractivity contribution in [3.8, 4) is 5.75 Å². The molecule has 0 saturated carbocycles. The zero-order valence-electron chi connectivity index (χ0n) is 19.3. The molecule has 0 aliphatic carbocycles. The lowest BCUT2D eigenvalue weighted by Crippen LogP contribution is -2.36. The van der Waals surface area contributed by atoms with E-state index in [4.69, 9.17) is 9.47 Å². The van der Waals surface area contributed by atoms with E-state index in [-0.39, 0.29) is 12.0 Å². The maximum Gasteiger partial charge on any atom is 0.410 e. The molecule has 1 aliphatic heterocycles. The second-order valence-corrected chi connectivity index (χ2v) is 8.77. The number of pyridine rings is 1. The summed E-state index contributed by atoms with van der Waals surface area (Å²) in [6.07, 6.45) is 2.00. The van der Waals surface area contributed by atoms with Crippen molar-refractivity contribution in [3.05, 3.63) is 70.4 Å². The molecule has 0 unspecified atom stereocenters. The minimum Gasteiger partial charge on any atom is -0.494 e. The summed E-state index contributed by atoms with van der Waals surface area (Å²) in [6.45, 7) is 6.06. The summed E-state index contributed by atoms with van der Waals surface area (Å²) in [4.78, 5) is 32.7. The third-order valence-electron chi connectivity index (χ3n) is 5.39. The number of carbonyl (C=O) groups excluding carboxylic acids is 2. The first-order valence-corrected chi connectivity index (χ1v) is 12.1. The summed E-state index contributed by atoms with van der Waals surface area (Å²) in [6, 6.07) is 13.0. The van der Waals surface area contributed by atoms with Crippen molar-refractivity contribution in [1.82, 2.24) is 9.88 Å². The van der Waals surface area contributed by atoms with Gasteiger partial charge in [0.25, 0.3) is 5.91 Å². The predicted octanol–water partition coefficient (Wildman–Crippen LogP) is 4.92. The molecule has 8 nitrogen and oxygen atoms in total. The normalized spacial score (nSPS) is 12.6. The van der Waals surface area contributed by atoms with E-state index in [1.54, 1.807) is 18.0 Å². The second kappa shape index (κ2) is 11.0. The summed E-state index contributed by atoms with van der Waals surface area (Å²) in [7, 11) is 0. The molecular weight excluding hydrogens is 452 g/mol. The van der Waals surface area contributed by atoms with Crippen LogP contribution in [-0.4, -0.2) is 41.6 Å². The van der Waals surface area contributed by atoms with Crippen LogP contribution in [-0.2, 0) is 24.2 Å². The van der Waals surface area contributed by atoms with Crippen LogP contribution in [0.2, 0.25) is 0 Å². The van der Waals surface area contributed by atoms with Gasteiger partial charge in [-0.1, -0.05) is 6.07 Å². The highest BCUT2D eigenvalue weighted by Crippen LogP contribution is 2.38. The highest BCUT2D eigenvalue weighted by atomic mass is 32.1. The number of thiophene rings is 1. The number of nitrogens with zero attached hydrogens (tertiary/aromatic N) is 2. The Morgan fingerprint density at radius 1 is 1.12 bits per heavy atom. The molecule has 3 aromatic rings. The number of fused-ring (bicyclic) bond motifs is 1. The predicted molar refractivity (Wildman–Crippen MR) is 133 cm³/mol. The Balaban J connectivity index is 1.58. The van der Waals surface area contributed by atoms with Crippen LogP contribution in [0.1, 0.15) is 40.3 Å². The van der Waals surface area contributed by atoms with Crippen molar-refractivity contribution in [2.75, 3.05) is 30.4 Å². The fourth-order valence-electron chi connectivity index (χ4n) is 3.81. The molecule has 1 aromatic carbocycles. The fourth-order valence-corrected chi connectivity index (χ4v) is 5.06. The second-order valence-electron chi connectivity index (χ2n) is 7.66. The molecule has 0 radical (unpaired) electrons. The van der Waals surface area contributed by atoms with Crippen molar-refractivity contribution in [2.45, 2.75) is 33.4 Å². The van der Waals surface area contributed by atoms with E-state index in [0.717, 1.165) is 26.9 Å². The number of aromatic nitrogens is 1. The van der Waals surface area contributed by atoms with Crippen LogP contribution in [0.15, 0.2) is 48.7 Å². The van der Waals surface area contributed by atoms with Gasteiger partial charge in [-0.05, 0) is 62.2 Å². The molecule has 0 bridgehead atoms. The van der Waals surface area contributed by atoms with Crippen molar-refractivity contribution >= 4 is 34.0 Å². The van der Waals surface area contributed by atoms with Gasteiger partial charge in [0, 0.05) is 23.3 Å². The molecule has 0 spiro atoms. The average molecular weight is 481 g/mol. The van der Waals surface area contributed by atoms with E-state index in [1.807, 2.05) is 49.4 Å². The SMILES string of the molecule is CCOC(=O)N1CCc2c(sc(NCc3ccccn3)c2C(=O)Nc2ccc(OCC)cc2)C1. The molecule has 0 saturated heterocycles. The minimum absolute atomic E-state index is 0.185. The largest absolute Gasteiger partial charge is 0.494 e. The van der Waals surface area contributed by atoms with Gasteiger partial charge in [0.2, 0.25) is 0 Å². The van der Waals surface area contributed by atoms with Crippen molar-refractivity contribution < 1.29 is 19.1 Å². The van der Waals surface area contributed by atoms with Crippen LogP contribution in [0.5, 0.6) is 5.75 Å². The summed E-state index contributed by atoms with van der Waals surface area (Å²) >= 11 is 1.50. The molecule has 2 N–H and O–H groups in total. The quantitative estimate of drug-likeness (QED) is 0.475. The Hall–Kier alpha value is -3.59. The lowest BCUT2D eigenvalue weighted by atomic mass is 10.0. The Morgan fingerprint density at radius 3 is 2.65 bits per heavy atom. The number of rotatable bonds is 8. The molecule has 4 rings (SSSR count). The topological polar surface area (TPSA) is 92.8 Å². The van der Waals surface area contributed by atoms with Crippen LogP contribution in [0.3, 0.4) is 0 Å². The molecule has 2 aromatic heterocycles. The van der Waals surface area contributed by atoms with Crippen molar-refractivity contribution in [3.63, 3.8) is 0 Å². The van der Waals surface area contributed by atoms with E-state index in [2.05, 4.69) is 15.6 Å². The Morgan fingerprint density at radius 2 is 1.94 bits per heavy atom. The van der Waals surface area contributed by atoms with Gasteiger partial charge < -0.3 is 25.0 Å². The molecular formula is C25H28N4O4S. The zero-order valence-corrected chi connectivity index (χ0v) is 20.1. The number of carbonyl (C=O) groups is 2. The lowest BCUT2D eigenvalue weighted by molar-refractivity contribution is 0.102.